The number of unbranched alkanes of at least 4 members (excludes halogenated alkanes) is 3. The topological polar surface area (TPSA) is 72.4 Å². The first-order valence-electron chi connectivity index (χ1n) is 6.73. The van der Waals surface area contributed by atoms with Gasteiger partial charge in [-0.05, 0) is 31.5 Å². The molecule has 0 fully saturated rings. The number of pyridine rings is 1. The van der Waals surface area contributed by atoms with Crippen molar-refractivity contribution in [3.05, 3.63) is 36.2 Å². The minimum atomic E-state index is -0.0555. The number of rotatable bonds is 7. The van der Waals surface area contributed by atoms with Gasteiger partial charge >= 0.3 is 0 Å². The van der Waals surface area contributed by atoms with E-state index in [0.29, 0.717) is 12.1 Å². The lowest BCUT2D eigenvalue weighted by atomic mass is 10.2. The van der Waals surface area contributed by atoms with Crippen LogP contribution in [0.3, 0.4) is 0 Å². The number of nitrogens with zero attached hydrogens (tertiary/aromatic N) is 2. The summed E-state index contributed by atoms with van der Waals surface area (Å²) in [7, 11) is 0. The zero-order chi connectivity index (χ0) is 13.5. The average Bonchev–Trinajstić information content (AvgIpc) is 2.86. The molecule has 0 aliphatic carbocycles. The number of fused-ring (bicyclic) bond motifs is 1. The van der Waals surface area contributed by atoms with Gasteiger partial charge in [0.25, 0.3) is 5.91 Å². The maximum atomic E-state index is 12.0. The molecule has 3 N–H and O–H groups in total. The first-order valence-corrected chi connectivity index (χ1v) is 6.73. The zero-order valence-electron chi connectivity index (χ0n) is 11.0. The molecule has 2 aromatic rings. The third-order valence-electron chi connectivity index (χ3n) is 3.09. The molecule has 0 aromatic carbocycles. The van der Waals surface area contributed by atoms with Crippen molar-refractivity contribution in [2.45, 2.75) is 25.7 Å². The summed E-state index contributed by atoms with van der Waals surface area (Å²) in [6, 6.07) is 5.68. The normalized spacial score (nSPS) is 10.8. The highest BCUT2D eigenvalue weighted by Gasteiger charge is 2.11. The van der Waals surface area contributed by atoms with Crippen molar-refractivity contribution in [2.75, 3.05) is 13.1 Å². The fraction of sp³-hybridized carbons (Fsp3) is 0.429. The average molecular weight is 260 g/mol. The van der Waals surface area contributed by atoms with E-state index in [4.69, 9.17) is 5.73 Å². The number of nitrogens with one attached hydrogen (secondary N) is 1. The number of hydrogen-bond donors (Lipinski definition) is 2. The number of nitrogens with two attached hydrogens (primary N) is 1. The Labute approximate surface area is 112 Å². The molecule has 5 nitrogen and oxygen atoms in total. The van der Waals surface area contributed by atoms with Crippen LogP contribution in [0.5, 0.6) is 0 Å². The molecule has 0 unspecified atom stereocenters. The number of amides is 1. The van der Waals surface area contributed by atoms with Crippen LogP contribution in [0.25, 0.3) is 5.52 Å². The first kappa shape index (κ1) is 13.5. The largest absolute Gasteiger partial charge is 0.352 e. The second-order valence-electron chi connectivity index (χ2n) is 4.55. The highest BCUT2D eigenvalue weighted by molar-refractivity contribution is 6.00. The van der Waals surface area contributed by atoms with Gasteiger partial charge in [0.2, 0.25) is 0 Å². The van der Waals surface area contributed by atoms with Gasteiger partial charge in [0, 0.05) is 12.7 Å². The van der Waals surface area contributed by atoms with E-state index in [9.17, 15) is 4.79 Å². The molecule has 0 saturated carbocycles. The molecule has 0 atom stereocenters. The predicted octanol–water partition coefficient (Wildman–Crippen LogP) is 1.58. The molecule has 19 heavy (non-hydrogen) atoms. The predicted molar refractivity (Wildman–Crippen MR) is 75.0 cm³/mol. The van der Waals surface area contributed by atoms with Crippen LogP contribution in [0.2, 0.25) is 0 Å². The smallest absolute Gasteiger partial charge is 0.255 e. The van der Waals surface area contributed by atoms with Gasteiger partial charge in [0.15, 0.2) is 0 Å². The van der Waals surface area contributed by atoms with Crippen LogP contribution in [-0.2, 0) is 0 Å². The Morgan fingerprint density at radius 1 is 1.26 bits per heavy atom. The molecule has 0 aliphatic heterocycles. The van der Waals surface area contributed by atoms with Gasteiger partial charge in [0.05, 0.1) is 17.3 Å². The third kappa shape index (κ3) is 3.54. The summed E-state index contributed by atoms with van der Waals surface area (Å²) in [4.78, 5) is 12.0. The molecule has 1 amide bonds. The molecule has 0 bridgehead atoms. The van der Waals surface area contributed by atoms with Crippen LogP contribution in [0.15, 0.2) is 30.6 Å². The monoisotopic (exact) mass is 260 g/mol. The lowest BCUT2D eigenvalue weighted by Gasteiger charge is -2.04. The first-order chi connectivity index (χ1) is 9.33. The summed E-state index contributed by atoms with van der Waals surface area (Å²) in [5.74, 6) is -0.0555. The second-order valence-corrected chi connectivity index (χ2v) is 4.55. The Balaban J connectivity index is 1.83. The summed E-state index contributed by atoms with van der Waals surface area (Å²) >= 11 is 0. The summed E-state index contributed by atoms with van der Waals surface area (Å²) in [6.45, 7) is 1.45. The van der Waals surface area contributed by atoms with Crippen molar-refractivity contribution in [3.63, 3.8) is 0 Å². The fourth-order valence-corrected chi connectivity index (χ4v) is 2.03. The summed E-state index contributed by atoms with van der Waals surface area (Å²) < 4.78 is 1.70. The van der Waals surface area contributed by atoms with Crippen molar-refractivity contribution < 1.29 is 4.79 Å². The maximum Gasteiger partial charge on any atom is 0.255 e. The van der Waals surface area contributed by atoms with E-state index in [2.05, 4.69) is 10.4 Å². The van der Waals surface area contributed by atoms with Crippen LogP contribution < -0.4 is 11.1 Å². The van der Waals surface area contributed by atoms with E-state index < -0.39 is 0 Å². The van der Waals surface area contributed by atoms with Gasteiger partial charge in [-0.1, -0.05) is 18.9 Å². The Hall–Kier alpha value is -1.88. The molecule has 0 aliphatic rings. The number of hydrogen-bond acceptors (Lipinski definition) is 3. The van der Waals surface area contributed by atoms with E-state index in [1.165, 1.54) is 0 Å². The van der Waals surface area contributed by atoms with Crippen LogP contribution in [0.4, 0.5) is 0 Å². The van der Waals surface area contributed by atoms with Gasteiger partial charge in [-0.15, -0.1) is 0 Å². The summed E-state index contributed by atoms with van der Waals surface area (Å²) in [5.41, 5.74) is 6.89. The quantitative estimate of drug-likeness (QED) is 0.742. The van der Waals surface area contributed by atoms with Crippen molar-refractivity contribution in [1.82, 2.24) is 14.9 Å². The third-order valence-corrected chi connectivity index (χ3v) is 3.09. The van der Waals surface area contributed by atoms with E-state index in [1.54, 1.807) is 10.7 Å². The maximum absolute atomic E-state index is 12.0. The van der Waals surface area contributed by atoms with E-state index >= 15 is 0 Å². The van der Waals surface area contributed by atoms with E-state index in [1.807, 2.05) is 24.4 Å². The minimum absolute atomic E-state index is 0.0555. The molecule has 2 heterocycles. The van der Waals surface area contributed by atoms with Crippen molar-refractivity contribution in [3.8, 4) is 0 Å². The van der Waals surface area contributed by atoms with E-state index in [-0.39, 0.29) is 5.91 Å². The lowest BCUT2D eigenvalue weighted by Crippen LogP contribution is -2.24. The van der Waals surface area contributed by atoms with Gasteiger partial charge < -0.3 is 11.1 Å². The molecular weight excluding hydrogens is 240 g/mol. The molecule has 0 saturated heterocycles. The molecule has 5 heteroatoms. The highest BCUT2D eigenvalue weighted by atomic mass is 16.1. The Bertz CT molecular complexity index is 535. The SMILES string of the molecule is NCCCCCCNC(=O)c1cnn2ccccc12. The van der Waals surface area contributed by atoms with Crippen LogP contribution in [0.1, 0.15) is 36.0 Å². The zero-order valence-corrected chi connectivity index (χ0v) is 11.0. The van der Waals surface area contributed by atoms with Crippen LogP contribution in [0, 0.1) is 0 Å². The molecule has 0 radical (unpaired) electrons. The van der Waals surface area contributed by atoms with Gasteiger partial charge in [0.1, 0.15) is 0 Å². The van der Waals surface area contributed by atoms with Gasteiger partial charge in [-0.2, -0.15) is 5.10 Å². The summed E-state index contributed by atoms with van der Waals surface area (Å²) in [6.07, 6.45) is 7.72. The van der Waals surface area contributed by atoms with E-state index in [0.717, 1.165) is 37.7 Å². The Morgan fingerprint density at radius 2 is 2.11 bits per heavy atom. The van der Waals surface area contributed by atoms with Crippen molar-refractivity contribution in [1.29, 1.82) is 0 Å². The number of carbonyl (C=O) groups excluding carboxylic acids is 1. The molecule has 102 valence electrons. The fourth-order valence-electron chi connectivity index (χ4n) is 2.03. The summed E-state index contributed by atoms with van der Waals surface area (Å²) in [5, 5.41) is 7.08. The molecule has 2 aromatic heterocycles. The highest BCUT2D eigenvalue weighted by Crippen LogP contribution is 2.09. The molecule has 2 rings (SSSR count). The number of aromatic nitrogens is 2. The van der Waals surface area contributed by atoms with Crippen LogP contribution >= 0.6 is 0 Å². The van der Waals surface area contributed by atoms with Gasteiger partial charge in [-0.3, -0.25) is 4.79 Å². The minimum Gasteiger partial charge on any atom is -0.352 e. The van der Waals surface area contributed by atoms with Crippen molar-refractivity contribution >= 4 is 11.4 Å². The van der Waals surface area contributed by atoms with Gasteiger partial charge in [-0.25, -0.2) is 4.52 Å². The Morgan fingerprint density at radius 3 is 2.95 bits per heavy atom. The lowest BCUT2D eigenvalue weighted by molar-refractivity contribution is 0.0954. The number of carbonyl (C=O) groups is 1. The second kappa shape index (κ2) is 6.89. The van der Waals surface area contributed by atoms with Crippen LogP contribution in [-0.4, -0.2) is 28.6 Å². The van der Waals surface area contributed by atoms with Crippen molar-refractivity contribution in [2.24, 2.45) is 5.73 Å². The Kier molecular flexibility index (Phi) is 4.92. The standard InChI is InChI=1S/C14H20N4O/c15-8-4-1-2-5-9-16-14(19)12-11-17-18-10-6-3-7-13(12)18/h3,6-7,10-11H,1-2,4-5,8-9,15H2,(H,16,19). The molecule has 0 spiro atoms. The molecular formula is C14H20N4O.